The van der Waals surface area contributed by atoms with Gasteiger partial charge in [0.05, 0.1) is 0 Å². The summed E-state index contributed by atoms with van der Waals surface area (Å²) < 4.78 is 0. The molecule has 0 nitrogen and oxygen atoms in total. The van der Waals surface area contributed by atoms with Gasteiger partial charge in [0.2, 0.25) is 0 Å². The molecule has 1 rings (SSSR count). The Labute approximate surface area is 77.1 Å². The SMILES string of the molecule is CC1CCCC=CCCCC1C. The summed E-state index contributed by atoms with van der Waals surface area (Å²) in [5.74, 6) is 1.88. The van der Waals surface area contributed by atoms with Crippen molar-refractivity contribution in [2.75, 3.05) is 0 Å². The largest absolute Gasteiger partial charge is 0.0885 e. The zero-order valence-corrected chi connectivity index (χ0v) is 8.55. The molecule has 0 fully saturated rings. The lowest BCUT2D eigenvalue weighted by atomic mass is 9.86. The number of hydrogen-bond acceptors (Lipinski definition) is 0. The molecule has 0 radical (unpaired) electrons. The average molecular weight is 166 g/mol. The van der Waals surface area contributed by atoms with Crippen LogP contribution >= 0.6 is 0 Å². The van der Waals surface area contributed by atoms with Crippen LogP contribution < -0.4 is 0 Å². The quantitative estimate of drug-likeness (QED) is 0.474. The molecule has 0 heteroatoms. The number of allylic oxidation sites excluding steroid dienone is 2. The number of rotatable bonds is 0. The highest BCUT2D eigenvalue weighted by atomic mass is 14.2. The fraction of sp³-hybridized carbons (Fsp3) is 0.833. The summed E-state index contributed by atoms with van der Waals surface area (Å²) in [4.78, 5) is 0. The van der Waals surface area contributed by atoms with Gasteiger partial charge in [-0.15, -0.1) is 0 Å². The van der Waals surface area contributed by atoms with Crippen molar-refractivity contribution in [1.82, 2.24) is 0 Å². The van der Waals surface area contributed by atoms with Crippen molar-refractivity contribution < 1.29 is 0 Å². The van der Waals surface area contributed by atoms with Gasteiger partial charge in [-0.05, 0) is 37.5 Å². The summed E-state index contributed by atoms with van der Waals surface area (Å²) in [5.41, 5.74) is 0. The Kier molecular flexibility index (Phi) is 4.42. The Hall–Kier alpha value is -0.260. The Bertz CT molecular complexity index is 119. The molecular formula is C12H22. The minimum absolute atomic E-state index is 0.941. The lowest BCUT2D eigenvalue weighted by Gasteiger charge is -2.19. The van der Waals surface area contributed by atoms with Crippen molar-refractivity contribution in [3.63, 3.8) is 0 Å². The summed E-state index contributed by atoms with van der Waals surface area (Å²) >= 11 is 0. The van der Waals surface area contributed by atoms with Gasteiger partial charge in [-0.2, -0.15) is 0 Å². The van der Waals surface area contributed by atoms with Crippen LogP contribution in [0.2, 0.25) is 0 Å². The molecule has 0 aliphatic heterocycles. The van der Waals surface area contributed by atoms with Gasteiger partial charge in [-0.1, -0.05) is 38.8 Å². The highest BCUT2D eigenvalue weighted by Gasteiger charge is 2.11. The van der Waals surface area contributed by atoms with E-state index >= 15 is 0 Å². The maximum atomic E-state index is 2.41. The molecule has 0 saturated carbocycles. The molecule has 0 amide bonds. The first-order chi connectivity index (χ1) is 5.80. The first kappa shape index (κ1) is 9.83. The smallest absolute Gasteiger partial charge is 0.0351 e. The highest BCUT2D eigenvalue weighted by Crippen LogP contribution is 2.23. The fourth-order valence-corrected chi connectivity index (χ4v) is 1.92. The van der Waals surface area contributed by atoms with Crippen LogP contribution in [-0.4, -0.2) is 0 Å². The van der Waals surface area contributed by atoms with Crippen molar-refractivity contribution in [2.24, 2.45) is 11.8 Å². The molecule has 0 aromatic carbocycles. The normalized spacial score (nSPS) is 33.2. The van der Waals surface area contributed by atoms with Gasteiger partial charge in [-0.3, -0.25) is 0 Å². The van der Waals surface area contributed by atoms with Crippen LogP contribution in [0.15, 0.2) is 12.2 Å². The van der Waals surface area contributed by atoms with Crippen molar-refractivity contribution in [2.45, 2.75) is 52.4 Å². The Balaban J connectivity index is 2.36. The van der Waals surface area contributed by atoms with Crippen LogP contribution in [0, 0.1) is 11.8 Å². The lowest BCUT2D eigenvalue weighted by Crippen LogP contribution is -2.08. The summed E-state index contributed by atoms with van der Waals surface area (Å²) in [6.07, 6.45) is 13.0. The average Bonchev–Trinajstić information content (AvgIpc) is 2.08. The second-order valence-electron chi connectivity index (χ2n) is 4.29. The van der Waals surface area contributed by atoms with E-state index in [0.717, 1.165) is 11.8 Å². The van der Waals surface area contributed by atoms with Crippen LogP contribution in [-0.2, 0) is 0 Å². The summed E-state index contributed by atoms with van der Waals surface area (Å²) in [7, 11) is 0. The molecule has 2 unspecified atom stereocenters. The summed E-state index contributed by atoms with van der Waals surface area (Å²) in [6.45, 7) is 4.83. The van der Waals surface area contributed by atoms with Gasteiger partial charge < -0.3 is 0 Å². The third kappa shape index (κ3) is 3.42. The molecule has 12 heavy (non-hydrogen) atoms. The molecule has 0 saturated heterocycles. The molecule has 70 valence electrons. The predicted octanol–water partition coefficient (Wildman–Crippen LogP) is 4.17. The predicted molar refractivity (Wildman–Crippen MR) is 55.2 cm³/mol. The van der Waals surface area contributed by atoms with E-state index in [1.807, 2.05) is 0 Å². The molecule has 0 aromatic rings. The molecule has 0 heterocycles. The van der Waals surface area contributed by atoms with Gasteiger partial charge in [0, 0.05) is 0 Å². The van der Waals surface area contributed by atoms with E-state index < -0.39 is 0 Å². The Morgan fingerprint density at radius 1 is 0.833 bits per heavy atom. The van der Waals surface area contributed by atoms with Crippen molar-refractivity contribution >= 4 is 0 Å². The molecule has 0 N–H and O–H groups in total. The zero-order valence-electron chi connectivity index (χ0n) is 8.55. The van der Waals surface area contributed by atoms with E-state index in [1.54, 1.807) is 0 Å². The molecule has 1 aliphatic rings. The molecule has 0 bridgehead atoms. The third-order valence-electron chi connectivity index (χ3n) is 3.20. The Morgan fingerprint density at radius 2 is 1.25 bits per heavy atom. The topological polar surface area (TPSA) is 0 Å². The van der Waals surface area contributed by atoms with Crippen molar-refractivity contribution in [3.05, 3.63) is 12.2 Å². The van der Waals surface area contributed by atoms with E-state index in [-0.39, 0.29) is 0 Å². The summed E-state index contributed by atoms with van der Waals surface area (Å²) in [5, 5.41) is 0. The maximum Gasteiger partial charge on any atom is -0.0351 e. The zero-order chi connectivity index (χ0) is 8.81. The first-order valence-corrected chi connectivity index (χ1v) is 5.45. The fourth-order valence-electron chi connectivity index (χ4n) is 1.92. The minimum atomic E-state index is 0.941. The van der Waals surface area contributed by atoms with Crippen molar-refractivity contribution in [1.29, 1.82) is 0 Å². The lowest BCUT2D eigenvalue weighted by molar-refractivity contribution is 0.330. The summed E-state index contributed by atoms with van der Waals surface area (Å²) in [6, 6.07) is 0. The van der Waals surface area contributed by atoms with E-state index in [1.165, 1.54) is 38.5 Å². The molecule has 0 spiro atoms. The van der Waals surface area contributed by atoms with Crippen LogP contribution in [0.25, 0.3) is 0 Å². The second kappa shape index (κ2) is 5.40. The van der Waals surface area contributed by atoms with E-state index in [4.69, 9.17) is 0 Å². The van der Waals surface area contributed by atoms with Crippen LogP contribution in [0.3, 0.4) is 0 Å². The molecule has 1 aliphatic carbocycles. The van der Waals surface area contributed by atoms with E-state index in [2.05, 4.69) is 26.0 Å². The maximum absolute atomic E-state index is 2.41. The number of hydrogen-bond donors (Lipinski definition) is 0. The third-order valence-corrected chi connectivity index (χ3v) is 3.20. The molecule has 0 aromatic heterocycles. The van der Waals surface area contributed by atoms with Crippen LogP contribution in [0.4, 0.5) is 0 Å². The first-order valence-electron chi connectivity index (χ1n) is 5.45. The molecular weight excluding hydrogens is 144 g/mol. The van der Waals surface area contributed by atoms with Crippen LogP contribution in [0.5, 0.6) is 0 Å². The van der Waals surface area contributed by atoms with Crippen molar-refractivity contribution in [3.8, 4) is 0 Å². The Morgan fingerprint density at radius 3 is 1.67 bits per heavy atom. The van der Waals surface area contributed by atoms with E-state index in [9.17, 15) is 0 Å². The van der Waals surface area contributed by atoms with Gasteiger partial charge in [-0.25, -0.2) is 0 Å². The van der Waals surface area contributed by atoms with Gasteiger partial charge in [0.25, 0.3) is 0 Å². The van der Waals surface area contributed by atoms with Crippen LogP contribution in [0.1, 0.15) is 52.4 Å². The van der Waals surface area contributed by atoms with Gasteiger partial charge >= 0.3 is 0 Å². The van der Waals surface area contributed by atoms with E-state index in [0.29, 0.717) is 0 Å². The van der Waals surface area contributed by atoms with Gasteiger partial charge in [0.15, 0.2) is 0 Å². The monoisotopic (exact) mass is 166 g/mol. The minimum Gasteiger partial charge on any atom is -0.0885 e. The standard InChI is InChI=1S/C12H22/c1-11-9-7-5-3-4-6-8-10-12(11)2/h3-4,11-12H,5-10H2,1-2H3. The second-order valence-corrected chi connectivity index (χ2v) is 4.29. The highest BCUT2D eigenvalue weighted by molar-refractivity contribution is 4.83. The molecule has 2 atom stereocenters. The van der Waals surface area contributed by atoms with Gasteiger partial charge in [0.1, 0.15) is 0 Å².